The fourth-order valence-electron chi connectivity index (χ4n) is 6.18. The van der Waals surface area contributed by atoms with Crippen LogP contribution >= 0.6 is 0 Å². The Morgan fingerprint density at radius 1 is 0.476 bits per heavy atom. The number of benzene rings is 4. The van der Waals surface area contributed by atoms with Gasteiger partial charge in [0.15, 0.2) is 0 Å². The van der Waals surface area contributed by atoms with Crippen LogP contribution in [0, 0.1) is 0 Å². The van der Waals surface area contributed by atoms with Crippen molar-refractivity contribution in [2.75, 3.05) is 0 Å². The van der Waals surface area contributed by atoms with Gasteiger partial charge in [-0.05, 0) is 22.3 Å². The van der Waals surface area contributed by atoms with Crippen LogP contribution in [0.15, 0.2) is 121 Å². The molecule has 2 fully saturated rings. The second-order valence-electron chi connectivity index (χ2n) is 11.1. The highest BCUT2D eigenvalue weighted by Gasteiger charge is 2.54. The van der Waals surface area contributed by atoms with Gasteiger partial charge in [0.25, 0.3) is 0 Å². The van der Waals surface area contributed by atoms with Crippen molar-refractivity contribution < 1.29 is 19.1 Å². The molecule has 6 rings (SSSR count). The quantitative estimate of drug-likeness (QED) is 0.234. The molecule has 2 amide bonds. The Kier molecular flexibility index (Phi) is 8.73. The summed E-state index contributed by atoms with van der Waals surface area (Å²) in [6.07, 6.45) is -0.254. The minimum absolute atomic E-state index is 0.0303. The fraction of sp³-hybridized carbons (Fsp3) is 0.278. The van der Waals surface area contributed by atoms with Crippen molar-refractivity contribution in [3.63, 3.8) is 0 Å². The Morgan fingerprint density at radius 2 is 0.786 bits per heavy atom. The summed E-state index contributed by atoms with van der Waals surface area (Å²) in [7, 11) is 0. The molecular formula is C36H36N2O4. The molecule has 0 N–H and O–H groups in total. The first-order chi connectivity index (χ1) is 20.7. The second-order valence-corrected chi connectivity index (χ2v) is 11.1. The maximum atomic E-state index is 13.7. The topological polar surface area (TPSA) is 59.1 Å². The monoisotopic (exact) mass is 560 g/mol. The number of nitrogens with zero attached hydrogens (tertiary/aromatic N) is 2. The molecule has 2 heterocycles. The molecule has 4 aromatic rings. The van der Waals surface area contributed by atoms with Gasteiger partial charge >= 0.3 is 0 Å². The third-order valence-electron chi connectivity index (χ3n) is 8.23. The van der Waals surface area contributed by atoms with E-state index in [2.05, 4.69) is 0 Å². The minimum atomic E-state index is -0.390. The lowest BCUT2D eigenvalue weighted by Gasteiger charge is -2.39. The van der Waals surface area contributed by atoms with E-state index in [1.807, 2.05) is 131 Å². The number of carbonyl (C=O) groups excluding carboxylic acids is 2. The van der Waals surface area contributed by atoms with E-state index in [4.69, 9.17) is 9.47 Å². The van der Waals surface area contributed by atoms with Crippen molar-refractivity contribution in [1.82, 2.24) is 9.80 Å². The molecule has 2 saturated heterocycles. The Balaban J connectivity index is 1.34. The van der Waals surface area contributed by atoms with E-state index in [9.17, 15) is 9.59 Å². The van der Waals surface area contributed by atoms with Crippen LogP contribution < -0.4 is 0 Å². The number of hydrogen-bond acceptors (Lipinski definition) is 4. The number of rotatable bonds is 11. The van der Waals surface area contributed by atoms with E-state index in [-0.39, 0.29) is 36.7 Å². The predicted octanol–water partition coefficient (Wildman–Crippen LogP) is 5.76. The van der Waals surface area contributed by atoms with E-state index in [1.165, 1.54) is 0 Å². The van der Waals surface area contributed by atoms with Crippen LogP contribution in [-0.4, -0.2) is 45.9 Å². The van der Waals surface area contributed by atoms with Gasteiger partial charge in [0.2, 0.25) is 11.8 Å². The van der Waals surface area contributed by atoms with E-state index in [0.29, 0.717) is 26.3 Å². The number of likely N-dealkylation sites (tertiary alicyclic amines) is 2. The second kappa shape index (κ2) is 13.1. The lowest BCUT2D eigenvalue weighted by atomic mass is 9.97. The minimum Gasteiger partial charge on any atom is -0.371 e. The first kappa shape index (κ1) is 27.9. The molecule has 2 aliphatic rings. The molecule has 0 spiro atoms. The summed E-state index contributed by atoms with van der Waals surface area (Å²) in [6.45, 7) is 1.68. The van der Waals surface area contributed by atoms with Crippen molar-refractivity contribution >= 4 is 11.8 Å². The molecule has 0 aliphatic carbocycles. The lowest BCUT2D eigenvalue weighted by Crippen LogP contribution is -2.55. The van der Waals surface area contributed by atoms with Gasteiger partial charge in [0, 0.05) is 13.1 Å². The smallest absolute Gasteiger partial charge is 0.225 e. The average molecular weight is 561 g/mol. The predicted molar refractivity (Wildman–Crippen MR) is 161 cm³/mol. The molecule has 0 unspecified atom stereocenters. The number of carbonyl (C=O) groups is 2. The van der Waals surface area contributed by atoms with Gasteiger partial charge in [0.1, 0.15) is 0 Å². The Labute approximate surface area is 247 Å². The standard InChI is InChI=1S/C36H36N2O4/c39-33-21-31(41-25-29-17-9-3-10-18-29)35(37(33)23-27-13-5-1-6-14-27)36-32(42-26-30-19-11-4-12-20-30)22-34(40)38(36)24-28-15-7-2-8-16-28/h1-20,31-32,35-36H,21-26H2/t31-,32-,35-,36+/m0/s1. The van der Waals surface area contributed by atoms with Gasteiger partial charge in [-0.25, -0.2) is 0 Å². The zero-order chi connectivity index (χ0) is 28.7. The summed E-state index contributed by atoms with van der Waals surface area (Å²) in [5.41, 5.74) is 4.18. The summed E-state index contributed by atoms with van der Waals surface area (Å²) in [4.78, 5) is 31.2. The summed E-state index contributed by atoms with van der Waals surface area (Å²) in [6, 6.07) is 39.3. The maximum absolute atomic E-state index is 13.7. The first-order valence-electron chi connectivity index (χ1n) is 14.6. The molecular weight excluding hydrogens is 524 g/mol. The van der Waals surface area contributed by atoms with Crippen molar-refractivity contribution in [2.45, 2.75) is 63.4 Å². The molecule has 4 atom stereocenters. The molecule has 6 nitrogen and oxygen atoms in total. The Morgan fingerprint density at radius 3 is 1.12 bits per heavy atom. The molecule has 6 heteroatoms. The molecule has 0 aromatic heterocycles. The van der Waals surface area contributed by atoms with E-state index >= 15 is 0 Å². The molecule has 0 bridgehead atoms. The zero-order valence-corrected chi connectivity index (χ0v) is 23.6. The van der Waals surface area contributed by atoms with E-state index in [0.717, 1.165) is 22.3 Å². The van der Waals surface area contributed by atoms with Crippen molar-refractivity contribution in [3.8, 4) is 0 Å². The Hall–Kier alpha value is -4.26. The highest BCUT2D eigenvalue weighted by molar-refractivity contribution is 5.83. The highest BCUT2D eigenvalue weighted by Crippen LogP contribution is 2.37. The van der Waals surface area contributed by atoms with Gasteiger partial charge in [-0.2, -0.15) is 0 Å². The molecule has 4 aromatic carbocycles. The van der Waals surface area contributed by atoms with Crippen LogP contribution in [0.4, 0.5) is 0 Å². The van der Waals surface area contributed by atoms with Gasteiger partial charge in [-0.3, -0.25) is 9.59 Å². The third-order valence-corrected chi connectivity index (χ3v) is 8.23. The van der Waals surface area contributed by atoms with Crippen LogP contribution in [0.3, 0.4) is 0 Å². The summed E-state index contributed by atoms with van der Waals surface area (Å²) in [5.74, 6) is 0.0606. The first-order valence-corrected chi connectivity index (χ1v) is 14.6. The van der Waals surface area contributed by atoms with E-state index in [1.54, 1.807) is 0 Å². The normalized spacial score (nSPS) is 22.2. The average Bonchev–Trinajstić information content (AvgIpc) is 3.50. The fourth-order valence-corrected chi connectivity index (χ4v) is 6.18. The van der Waals surface area contributed by atoms with Crippen LogP contribution in [-0.2, 0) is 45.4 Å². The van der Waals surface area contributed by atoms with Crippen molar-refractivity contribution in [1.29, 1.82) is 0 Å². The van der Waals surface area contributed by atoms with Crippen LogP contribution in [0.25, 0.3) is 0 Å². The lowest BCUT2D eigenvalue weighted by molar-refractivity contribution is -0.135. The molecule has 2 aliphatic heterocycles. The maximum Gasteiger partial charge on any atom is 0.225 e. The molecule has 214 valence electrons. The van der Waals surface area contributed by atoms with E-state index < -0.39 is 12.2 Å². The number of ether oxygens (including phenoxy) is 2. The van der Waals surface area contributed by atoms with Gasteiger partial charge in [-0.1, -0.05) is 121 Å². The number of amides is 2. The SMILES string of the molecule is O=C1C[C@H](OCc2ccccc2)[C@@H]([C@H]2[C@@H](OCc3ccccc3)CC(=O)N2Cc2ccccc2)N1Cc1ccccc1. The summed E-state index contributed by atoms with van der Waals surface area (Å²) >= 11 is 0. The summed E-state index contributed by atoms with van der Waals surface area (Å²) < 4.78 is 13.1. The highest BCUT2D eigenvalue weighted by atomic mass is 16.5. The zero-order valence-electron chi connectivity index (χ0n) is 23.6. The largest absolute Gasteiger partial charge is 0.371 e. The van der Waals surface area contributed by atoms with Gasteiger partial charge in [-0.15, -0.1) is 0 Å². The van der Waals surface area contributed by atoms with Crippen LogP contribution in [0.2, 0.25) is 0 Å². The Bertz CT molecular complexity index is 1340. The van der Waals surface area contributed by atoms with Crippen LogP contribution in [0.1, 0.15) is 35.1 Å². The van der Waals surface area contributed by atoms with Crippen molar-refractivity contribution in [3.05, 3.63) is 144 Å². The van der Waals surface area contributed by atoms with Crippen molar-refractivity contribution in [2.24, 2.45) is 0 Å². The number of hydrogen-bond donors (Lipinski definition) is 0. The van der Waals surface area contributed by atoms with Crippen LogP contribution in [0.5, 0.6) is 0 Å². The van der Waals surface area contributed by atoms with Gasteiger partial charge in [0.05, 0.1) is 50.3 Å². The molecule has 0 saturated carbocycles. The summed E-state index contributed by atoms with van der Waals surface area (Å²) in [5, 5.41) is 0. The third kappa shape index (κ3) is 6.46. The van der Waals surface area contributed by atoms with Gasteiger partial charge < -0.3 is 19.3 Å². The molecule has 42 heavy (non-hydrogen) atoms. The molecule has 0 radical (unpaired) electrons.